The van der Waals surface area contributed by atoms with E-state index in [4.69, 9.17) is 0 Å². The van der Waals surface area contributed by atoms with Gasteiger partial charge in [0.1, 0.15) is 0 Å². The molecule has 0 saturated heterocycles. The van der Waals surface area contributed by atoms with Gasteiger partial charge in [0.05, 0.1) is 23.2 Å². The summed E-state index contributed by atoms with van der Waals surface area (Å²) in [5.74, 6) is 0.737. The molecule has 0 aliphatic rings. The molecule has 6 heteroatoms. The average molecular weight is 287 g/mol. The van der Waals surface area contributed by atoms with E-state index in [9.17, 15) is 8.42 Å². The van der Waals surface area contributed by atoms with Gasteiger partial charge in [0.25, 0.3) is 0 Å². The van der Waals surface area contributed by atoms with Gasteiger partial charge in [0.15, 0.2) is 9.84 Å². The van der Waals surface area contributed by atoms with Crippen molar-refractivity contribution in [2.75, 3.05) is 12.3 Å². The van der Waals surface area contributed by atoms with Crippen LogP contribution in [0.4, 0.5) is 0 Å². The predicted octanol–water partition coefficient (Wildman–Crippen LogP) is 1.45. The van der Waals surface area contributed by atoms with Crippen molar-refractivity contribution >= 4 is 9.84 Å². The van der Waals surface area contributed by atoms with Crippen LogP contribution < -0.4 is 5.32 Å². The predicted molar refractivity (Wildman–Crippen MR) is 77.7 cm³/mol. The van der Waals surface area contributed by atoms with E-state index in [1.54, 1.807) is 24.7 Å². The highest BCUT2D eigenvalue weighted by molar-refractivity contribution is 7.91. The lowest BCUT2D eigenvalue weighted by molar-refractivity contribution is 0.522. The Morgan fingerprint density at radius 2 is 2.00 bits per heavy atom. The third-order valence-corrected chi connectivity index (χ3v) is 5.16. The molecule has 1 N–H and O–H groups in total. The number of aryl methyl sites for hydroxylation is 1. The second-order valence-corrected chi connectivity index (χ2v) is 8.16. The largest absolute Gasteiger partial charge is 0.311 e. The lowest BCUT2D eigenvalue weighted by Gasteiger charge is -2.11. The van der Waals surface area contributed by atoms with E-state index >= 15 is 0 Å². The second kappa shape index (κ2) is 7.05. The Kier molecular flexibility index (Phi) is 6.00. The van der Waals surface area contributed by atoms with E-state index in [1.165, 1.54) is 0 Å². The SMILES string of the molecule is CC(C)CNCc1ccnn1CCS(=O)(=O)C(C)C. The first-order valence-electron chi connectivity index (χ1n) is 6.76. The van der Waals surface area contributed by atoms with Crippen LogP contribution in [0.2, 0.25) is 0 Å². The zero-order valence-electron chi connectivity index (χ0n) is 12.3. The summed E-state index contributed by atoms with van der Waals surface area (Å²) in [7, 11) is -3.01. The lowest BCUT2D eigenvalue weighted by atomic mass is 10.2. The van der Waals surface area contributed by atoms with Crippen molar-refractivity contribution in [1.29, 1.82) is 0 Å². The third kappa shape index (κ3) is 5.32. The molecule has 0 saturated carbocycles. The maximum atomic E-state index is 11.8. The molecule has 0 unspecified atom stereocenters. The molecule has 0 radical (unpaired) electrons. The molecular weight excluding hydrogens is 262 g/mol. The maximum Gasteiger partial charge on any atom is 0.154 e. The Morgan fingerprint density at radius 1 is 1.32 bits per heavy atom. The molecule has 0 aliphatic heterocycles. The first-order chi connectivity index (χ1) is 8.83. The van der Waals surface area contributed by atoms with Crippen LogP contribution in [0, 0.1) is 5.92 Å². The maximum absolute atomic E-state index is 11.8. The minimum absolute atomic E-state index is 0.142. The van der Waals surface area contributed by atoms with Gasteiger partial charge in [-0.15, -0.1) is 0 Å². The summed E-state index contributed by atoms with van der Waals surface area (Å²) < 4.78 is 25.3. The molecule has 1 rings (SSSR count). The minimum atomic E-state index is -3.01. The molecule has 19 heavy (non-hydrogen) atoms. The van der Waals surface area contributed by atoms with Gasteiger partial charge in [-0.3, -0.25) is 4.68 Å². The Labute approximate surface area is 116 Å². The van der Waals surface area contributed by atoms with E-state index < -0.39 is 9.84 Å². The van der Waals surface area contributed by atoms with Crippen molar-refractivity contribution in [1.82, 2.24) is 15.1 Å². The number of rotatable bonds is 8. The van der Waals surface area contributed by atoms with Gasteiger partial charge < -0.3 is 5.32 Å². The highest BCUT2D eigenvalue weighted by atomic mass is 32.2. The third-order valence-electron chi connectivity index (χ3n) is 2.97. The first kappa shape index (κ1) is 16.2. The van der Waals surface area contributed by atoms with Gasteiger partial charge in [-0.25, -0.2) is 8.42 Å². The summed E-state index contributed by atoms with van der Waals surface area (Å²) in [5, 5.41) is 7.20. The minimum Gasteiger partial charge on any atom is -0.311 e. The van der Waals surface area contributed by atoms with Crippen LogP contribution in [0.3, 0.4) is 0 Å². The van der Waals surface area contributed by atoms with Crippen LogP contribution >= 0.6 is 0 Å². The summed E-state index contributed by atoms with van der Waals surface area (Å²) in [6, 6.07) is 1.93. The molecule has 0 spiro atoms. The molecule has 0 aromatic carbocycles. The number of nitrogens with zero attached hydrogens (tertiary/aromatic N) is 2. The van der Waals surface area contributed by atoms with Crippen LogP contribution in [0.15, 0.2) is 12.3 Å². The van der Waals surface area contributed by atoms with Crippen LogP contribution in [-0.2, 0) is 22.9 Å². The van der Waals surface area contributed by atoms with E-state index in [0.29, 0.717) is 12.5 Å². The Bertz CT molecular complexity index is 478. The molecule has 0 bridgehead atoms. The Balaban J connectivity index is 2.54. The smallest absolute Gasteiger partial charge is 0.154 e. The van der Waals surface area contributed by atoms with Gasteiger partial charge in [0, 0.05) is 12.7 Å². The standard InChI is InChI=1S/C13H25N3O2S/c1-11(2)9-14-10-13-5-6-15-16(13)7-8-19(17,18)12(3)4/h5-6,11-12,14H,7-10H2,1-4H3. The topological polar surface area (TPSA) is 64.0 Å². The number of hydrogen-bond donors (Lipinski definition) is 1. The van der Waals surface area contributed by atoms with Gasteiger partial charge in [0.2, 0.25) is 0 Å². The summed E-state index contributed by atoms with van der Waals surface area (Å²) in [4.78, 5) is 0. The number of sulfone groups is 1. The van der Waals surface area contributed by atoms with Crippen LogP contribution in [-0.4, -0.2) is 35.7 Å². The van der Waals surface area contributed by atoms with Crippen LogP contribution in [0.25, 0.3) is 0 Å². The molecule has 0 fully saturated rings. The summed E-state index contributed by atoms with van der Waals surface area (Å²) >= 11 is 0. The van der Waals surface area contributed by atoms with Crippen molar-refractivity contribution in [2.45, 2.75) is 46.0 Å². The van der Waals surface area contributed by atoms with E-state index in [1.807, 2.05) is 6.07 Å². The number of hydrogen-bond acceptors (Lipinski definition) is 4. The quantitative estimate of drug-likeness (QED) is 0.786. The van der Waals surface area contributed by atoms with E-state index in [2.05, 4.69) is 24.3 Å². The molecule has 0 atom stereocenters. The van der Waals surface area contributed by atoms with Crippen molar-refractivity contribution in [3.8, 4) is 0 Å². The highest BCUT2D eigenvalue weighted by Gasteiger charge is 2.16. The van der Waals surface area contributed by atoms with Gasteiger partial charge in [-0.05, 0) is 32.4 Å². The molecule has 110 valence electrons. The molecule has 1 aromatic heterocycles. The zero-order chi connectivity index (χ0) is 14.5. The second-order valence-electron chi connectivity index (χ2n) is 5.49. The van der Waals surface area contributed by atoms with Gasteiger partial charge >= 0.3 is 0 Å². The van der Waals surface area contributed by atoms with Crippen molar-refractivity contribution in [3.05, 3.63) is 18.0 Å². The average Bonchev–Trinajstić information content (AvgIpc) is 2.73. The summed E-state index contributed by atoms with van der Waals surface area (Å²) in [6.07, 6.45) is 1.72. The lowest BCUT2D eigenvalue weighted by Crippen LogP contribution is -2.24. The summed E-state index contributed by atoms with van der Waals surface area (Å²) in [6.45, 7) is 9.81. The fourth-order valence-corrected chi connectivity index (χ4v) is 2.55. The number of aromatic nitrogens is 2. The van der Waals surface area contributed by atoms with Gasteiger partial charge in [-0.1, -0.05) is 13.8 Å². The van der Waals surface area contributed by atoms with Crippen LogP contribution in [0.5, 0.6) is 0 Å². The van der Waals surface area contributed by atoms with E-state index in [0.717, 1.165) is 18.8 Å². The normalized spacial score (nSPS) is 12.5. The molecule has 1 heterocycles. The van der Waals surface area contributed by atoms with Crippen LogP contribution in [0.1, 0.15) is 33.4 Å². The molecule has 0 aliphatic carbocycles. The fraction of sp³-hybridized carbons (Fsp3) is 0.769. The highest BCUT2D eigenvalue weighted by Crippen LogP contribution is 2.04. The van der Waals surface area contributed by atoms with E-state index in [-0.39, 0.29) is 11.0 Å². The monoisotopic (exact) mass is 287 g/mol. The zero-order valence-corrected chi connectivity index (χ0v) is 13.1. The molecule has 5 nitrogen and oxygen atoms in total. The van der Waals surface area contributed by atoms with Crippen molar-refractivity contribution in [2.24, 2.45) is 5.92 Å². The fourth-order valence-electron chi connectivity index (χ4n) is 1.65. The molecule has 1 aromatic rings. The van der Waals surface area contributed by atoms with Crippen molar-refractivity contribution in [3.63, 3.8) is 0 Å². The first-order valence-corrected chi connectivity index (χ1v) is 8.47. The Morgan fingerprint density at radius 3 is 2.58 bits per heavy atom. The van der Waals surface area contributed by atoms with Crippen molar-refractivity contribution < 1.29 is 8.42 Å². The molecular formula is C13H25N3O2S. The Hall–Kier alpha value is -0.880. The van der Waals surface area contributed by atoms with Gasteiger partial charge in [-0.2, -0.15) is 5.10 Å². The summed E-state index contributed by atoms with van der Waals surface area (Å²) in [5.41, 5.74) is 1.03. The molecule has 0 amide bonds. The number of nitrogens with one attached hydrogen (secondary N) is 1.